The lowest BCUT2D eigenvalue weighted by Gasteiger charge is -2.12. The fraction of sp³-hybridized carbons (Fsp3) is 0.125. The van der Waals surface area contributed by atoms with Crippen molar-refractivity contribution in [1.29, 1.82) is 0 Å². The number of ether oxygens (including phenoxy) is 2. The van der Waals surface area contributed by atoms with E-state index in [1.165, 1.54) is 6.07 Å². The maximum atomic E-state index is 12.7. The van der Waals surface area contributed by atoms with Crippen LogP contribution in [0, 0.1) is 10.1 Å². The Balaban J connectivity index is 2.44. The molecule has 2 aromatic carbocycles. The van der Waals surface area contributed by atoms with Crippen molar-refractivity contribution in [3.8, 4) is 11.5 Å². The van der Waals surface area contributed by atoms with Gasteiger partial charge in [0.1, 0.15) is 17.1 Å². The van der Waals surface area contributed by atoms with Gasteiger partial charge >= 0.3 is 6.18 Å². The lowest BCUT2D eigenvalue weighted by molar-refractivity contribution is -0.385. The molecule has 0 aliphatic rings. The third-order valence-electron chi connectivity index (χ3n) is 3.25. The van der Waals surface area contributed by atoms with Crippen LogP contribution in [0.15, 0.2) is 41.4 Å². The van der Waals surface area contributed by atoms with Gasteiger partial charge in [0.15, 0.2) is 0 Å². The van der Waals surface area contributed by atoms with Crippen molar-refractivity contribution < 1.29 is 32.4 Å². The van der Waals surface area contributed by atoms with Crippen LogP contribution in [0.1, 0.15) is 11.1 Å². The highest BCUT2D eigenvalue weighted by atomic mass is 35.5. The molecule has 0 saturated carbocycles. The number of amides is 1. The zero-order valence-corrected chi connectivity index (χ0v) is 14.2. The van der Waals surface area contributed by atoms with Crippen LogP contribution in [0.25, 0.3) is 0 Å². The maximum Gasteiger partial charge on any atom is 0.416 e. The van der Waals surface area contributed by atoms with Crippen LogP contribution >= 0.6 is 11.6 Å². The van der Waals surface area contributed by atoms with Crippen LogP contribution in [0.4, 0.5) is 18.9 Å². The van der Waals surface area contributed by atoms with Gasteiger partial charge in [-0.05, 0) is 24.3 Å². The van der Waals surface area contributed by atoms with Crippen LogP contribution in [-0.2, 0) is 15.7 Å². The van der Waals surface area contributed by atoms with E-state index in [0.717, 1.165) is 31.4 Å². The Morgan fingerprint density at radius 3 is 2.48 bits per heavy atom. The highest BCUT2D eigenvalue weighted by Crippen LogP contribution is 2.37. The Hall–Kier alpha value is -3.14. The van der Waals surface area contributed by atoms with Crippen molar-refractivity contribution in [2.75, 3.05) is 7.11 Å². The van der Waals surface area contributed by atoms with E-state index in [4.69, 9.17) is 21.1 Å². The minimum absolute atomic E-state index is 0.00732. The van der Waals surface area contributed by atoms with Crippen LogP contribution in [0.5, 0.6) is 11.5 Å². The second-order valence-corrected chi connectivity index (χ2v) is 5.33. The summed E-state index contributed by atoms with van der Waals surface area (Å²) in [6.07, 6.45) is -4.43. The van der Waals surface area contributed by atoms with Gasteiger partial charge in [-0.1, -0.05) is 11.6 Å². The predicted molar refractivity (Wildman–Crippen MR) is 89.2 cm³/mol. The number of nitrogens with zero attached hydrogens (tertiary/aromatic N) is 2. The van der Waals surface area contributed by atoms with Gasteiger partial charge in [-0.25, -0.2) is 0 Å². The van der Waals surface area contributed by atoms with Gasteiger partial charge in [0.2, 0.25) is 12.3 Å². The van der Waals surface area contributed by atoms with Crippen molar-refractivity contribution in [2.24, 2.45) is 4.99 Å². The summed E-state index contributed by atoms with van der Waals surface area (Å²) in [5.74, 6) is -0.427. The molecule has 11 heteroatoms. The van der Waals surface area contributed by atoms with E-state index in [-0.39, 0.29) is 34.4 Å². The van der Waals surface area contributed by atoms with Crippen molar-refractivity contribution in [3.63, 3.8) is 0 Å². The number of alkyl halides is 3. The zero-order chi connectivity index (χ0) is 20.2. The number of hydrogen-bond donors (Lipinski definition) is 0. The molecule has 0 aliphatic heterocycles. The van der Waals surface area contributed by atoms with Crippen LogP contribution in [0.2, 0.25) is 5.02 Å². The predicted octanol–water partition coefficient (Wildman–Crippen LogP) is 4.61. The number of carbonyl (C=O) groups excluding carboxylic acids is 1. The Kier molecular flexibility index (Phi) is 6.01. The minimum atomic E-state index is -4.57. The lowest BCUT2D eigenvalue weighted by atomic mass is 10.1. The van der Waals surface area contributed by atoms with Gasteiger partial charge in [0.25, 0.3) is 5.69 Å². The van der Waals surface area contributed by atoms with E-state index >= 15 is 0 Å². The molecule has 0 bridgehead atoms. The molecular weight excluding hydrogens is 393 g/mol. The Morgan fingerprint density at radius 2 is 1.96 bits per heavy atom. The molecule has 0 radical (unpaired) electrons. The monoisotopic (exact) mass is 402 g/mol. The molecule has 0 aliphatic carbocycles. The van der Waals surface area contributed by atoms with Gasteiger partial charge in [0.05, 0.1) is 22.6 Å². The first kappa shape index (κ1) is 20.2. The van der Waals surface area contributed by atoms with E-state index in [0.29, 0.717) is 6.07 Å². The number of nitro groups is 1. The molecular formula is C16H10ClF3N2O5. The molecule has 1 amide bonds. The van der Waals surface area contributed by atoms with Crippen LogP contribution < -0.4 is 4.74 Å². The number of halogens is 4. The molecule has 27 heavy (non-hydrogen) atoms. The second-order valence-electron chi connectivity index (χ2n) is 4.92. The van der Waals surface area contributed by atoms with Crippen LogP contribution in [-0.4, -0.2) is 24.3 Å². The summed E-state index contributed by atoms with van der Waals surface area (Å²) >= 11 is 5.82. The summed E-state index contributed by atoms with van der Waals surface area (Å²) in [5, 5.41) is 10.8. The van der Waals surface area contributed by atoms with E-state index in [1.54, 1.807) is 0 Å². The number of methoxy groups -OCH3 is 1. The number of nitro benzene ring substituents is 1. The largest absolute Gasteiger partial charge is 0.480 e. The van der Waals surface area contributed by atoms with Crippen molar-refractivity contribution in [3.05, 3.63) is 62.7 Å². The number of carbonyl (C=O) groups is 1. The van der Waals surface area contributed by atoms with Gasteiger partial charge in [-0.2, -0.15) is 18.2 Å². The number of aliphatic imine (C=N–C) groups is 1. The fourth-order valence-corrected chi connectivity index (χ4v) is 2.30. The fourth-order valence-electron chi connectivity index (χ4n) is 2.08. The molecule has 0 aromatic heterocycles. The standard InChI is InChI=1S/C16H10ClF3N2O5/c1-26-15(21-8-23)11-7-10(3-4-13(11)22(24)25)27-14-5-2-9(6-12(14)17)16(18,19)20/h2-8H,1H3. The molecule has 0 atom stereocenters. The smallest absolute Gasteiger partial charge is 0.416 e. The first-order valence-electron chi connectivity index (χ1n) is 7.06. The first-order valence-corrected chi connectivity index (χ1v) is 7.44. The number of rotatable bonds is 5. The molecule has 0 heterocycles. The molecule has 0 unspecified atom stereocenters. The zero-order valence-electron chi connectivity index (χ0n) is 13.5. The highest BCUT2D eigenvalue weighted by molar-refractivity contribution is 6.32. The van der Waals surface area contributed by atoms with Gasteiger partial charge < -0.3 is 9.47 Å². The summed E-state index contributed by atoms with van der Waals surface area (Å²) < 4.78 is 48.3. The van der Waals surface area contributed by atoms with Gasteiger partial charge in [-0.3, -0.25) is 14.9 Å². The van der Waals surface area contributed by atoms with E-state index < -0.39 is 22.4 Å². The van der Waals surface area contributed by atoms with Crippen molar-refractivity contribution in [2.45, 2.75) is 6.18 Å². The van der Waals surface area contributed by atoms with Gasteiger partial charge in [-0.15, -0.1) is 0 Å². The average molecular weight is 403 g/mol. The quantitative estimate of drug-likeness (QED) is 0.239. The lowest BCUT2D eigenvalue weighted by Crippen LogP contribution is -2.08. The summed E-state index contributed by atoms with van der Waals surface area (Å²) in [6, 6.07) is 5.92. The molecule has 142 valence electrons. The summed E-state index contributed by atoms with van der Waals surface area (Å²) in [5.41, 5.74) is -1.53. The Bertz CT molecular complexity index is 915. The maximum absolute atomic E-state index is 12.7. The average Bonchev–Trinajstić information content (AvgIpc) is 2.60. The van der Waals surface area contributed by atoms with Gasteiger partial charge in [0, 0.05) is 12.1 Å². The second kappa shape index (κ2) is 8.04. The van der Waals surface area contributed by atoms with E-state index in [2.05, 4.69) is 4.99 Å². The molecule has 0 fully saturated rings. The van der Waals surface area contributed by atoms with E-state index in [1.807, 2.05) is 0 Å². The number of hydrogen-bond acceptors (Lipinski definition) is 5. The van der Waals surface area contributed by atoms with E-state index in [9.17, 15) is 28.1 Å². The third kappa shape index (κ3) is 4.73. The molecule has 0 spiro atoms. The first-order chi connectivity index (χ1) is 12.7. The normalized spacial score (nSPS) is 11.8. The summed E-state index contributed by atoms with van der Waals surface area (Å²) in [6.45, 7) is 0. The highest BCUT2D eigenvalue weighted by Gasteiger charge is 2.31. The molecule has 0 saturated heterocycles. The minimum Gasteiger partial charge on any atom is -0.480 e. The summed E-state index contributed by atoms with van der Waals surface area (Å²) in [7, 11) is 1.16. The Morgan fingerprint density at radius 1 is 1.26 bits per heavy atom. The Labute approximate surface area is 155 Å². The molecule has 2 rings (SSSR count). The third-order valence-corrected chi connectivity index (χ3v) is 3.54. The molecule has 0 N–H and O–H groups in total. The molecule has 2 aromatic rings. The topological polar surface area (TPSA) is 91.0 Å². The number of benzene rings is 2. The van der Waals surface area contributed by atoms with Crippen molar-refractivity contribution >= 4 is 29.6 Å². The van der Waals surface area contributed by atoms with Crippen molar-refractivity contribution in [1.82, 2.24) is 0 Å². The SMILES string of the molecule is COC(=NC=O)c1cc(Oc2ccc(C(F)(F)F)cc2Cl)ccc1[N+](=O)[O-]. The molecule has 7 nitrogen and oxygen atoms in total. The summed E-state index contributed by atoms with van der Waals surface area (Å²) in [4.78, 5) is 24.4. The van der Waals surface area contributed by atoms with Crippen LogP contribution in [0.3, 0.4) is 0 Å².